The highest BCUT2D eigenvalue weighted by atomic mass is 16.5. The summed E-state index contributed by atoms with van der Waals surface area (Å²) in [5.74, 6) is 2.31. The van der Waals surface area contributed by atoms with Gasteiger partial charge in [0.25, 0.3) is 0 Å². The molecule has 0 spiro atoms. The van der Waals surface area contributed by atoms with Crippen LogP contribution in [0.2, 0.25) is 0 Å². The van der Waals surface area contributed by atoms with Crippen molar-refractivity contribution in [1.29, 1.82) is 0 Å². The van der Waals surface area contributed by atoms with E-state index in [-0.39, 0.29) is 0 Å². The van der Waals surface area contributed by atoms with Crippen molar-refractivity contribution in [3.05, 3.63) is 194 Å². The molecular weight excluding hydrogens is 761 g/mol. The van der Waals surface area contributed by atoms with Gasteiger partial charge in [0.1, 0.15) is 28.3 Å². The van der Waals surface area contributed by atoms with Crippen molar-refractivity contribution in [2.75, 3.05) is 0 Å². The molecule has 0 N–H and O–H groups in total. The molecule has 0 amide bonds. The molecule has 1 aliphatic heterocycles. The number of rotatable bonds is 4. The van der Waals surface area contributed by atoms with E-state index < -0.39 is 0 Å². The molecule has 0 radical (unpaired) electrons. The van der Waals surface area contributed by atoms with Gasteiger partial charge < -0.3 is 13.7 Å². The Hall–Kier alpha value is -8.48. The molecule has 5 heterocycles. The highest BCUT2D eigenvalue weighted by Crippen LogP contribution is 2.51. The van der Waals surface area contributed by atoms with Crippen molar-refractivity contribution < 1.29 is 9.15 Å². The summed E-state index contributed by atoms with van der Waals surface area (Å²) in [5, 5.41) is 8.00. The summed E-state index contributed by atoms with van der Waals surface area (Å²) in [6.45, 7) is 0. The Balaban J connectivity index is 0.946. The number of nitrogens with zero attached hydrogens (tertiary/aromatic N) is 4. The second-order valence-electron chi connectivity index (χ2n) is 16.1. The minimum absolute atomic E-state index is 0.595. The third-order valence-electron chi connectivity index (χ3n) is 12.7. The van der Waals surface area contributed by atoms with Gasteiger partial charge in [0, 0.05) is 49.1 Å². The second-order valence-corrected chi connectivity index (χ2v) is 16.1. The van der Waals surface area contributed by atoms with Crippen LogP contribution in [-0.4, -0.2) is 19.1 Å². The largest absolute Gasteiger partial charge is 0.456 e. The zero-order valence-electron chi connectivity index (χ0n) is 33.1. The van der Waals surface area contributed by atoms with Crippen LogP contribution in [0.4, 0.5) is 0 Å². The van der Waals surface area contributed by atoms with Crippen LogP contribution in [0.25, 0.3) is 122 Å². The molecule has 14 rings (SSSR count). The maximum Gasteiger partial charge on any atom is 0.236 e. The van der Waals surface area contributed by atoms with Crippen LogP contribution in [0.15, 0.2) is 199 Å². The van der Waals surface area contributed by atoms with Crippen LogP contribution < -0.4 is 4.74 Å². The Morgan fingerprint density at radius 3 is 1.92 bits per heavy atom. The lowest BCUT2D eigenvalue weighted by molar-refractivity contribution is 0.487. The molecule has 4 aromatic heterocycles. The molecule has 0 aliphatic carbocycles. The van der Waals surface area contributed by atoms with Gasteiger partial charge in [-0.2, -0.15) is 0 Å². The summed E-state index contributed by atoms with van der Waals surface area (Å²) in [7, 11) is 0. The first-order valence-electron chi connectivity index (χ1n) is 20.9. The summed E-state index contributed by atoms with van der Waals surface area (Å²) in [6.07, 6.45) is 0. The number of benzene rings is 9. The number of hydrogen-bond donors (Lipinski definition) is 0. The van der Waals surface area contributed by atoms with E-state index in [1.54, 1.807) is 0 Å². The molecule has 62 heavy (non-hydrogen) atoms. The lowest BCUT2D eigenvalue weighted by Crippen LogP contribution is -2.02. The lowest BCUT2D eigenvalue weighted by atomic mass is 9.90. The van der Waals surface area contributed by atoms with Crippen molar-refractivity contribution in [3.8, 4) is 56.6 Å². The number of para-hydroxylation sites is 4. The predicted octanol–water partition coefficient (Wildman–Crippen LogP) is 14.8. The van der Waals surface area contributed by atoms with E-state index in [2.05, 4.69) is 167 Å². The predicted molar refractivity (Wildman–Crippen MR) is 252 cm³/mol. The van der Waals surface area contributed by atoms with Crippen molar-refractivity contribution in [3.63, 3.8) is 0 Å². The fourth-order valence-electron chi connectivity index (χ4n) is 10.0. The fourth-order valence-corrected chi connectivity index (χ4v) is 10.0. The highest BCUT2D eigenvalue weighted by molar-refractivity contribution is 6.26. The molecule has 6 nitrogen and oxygen atoms in total. The Bertz CT molecular complexity index is 4010. The number of furan rings is 1. The molecular formula is C56H32N4O2. The van der Waals surface area contributed by atoms with Gasteiger partial charge in [-0.05, 0) is 94.9 Å². The molecule has 6 heteroatoms. The van der Waals surface area contributed by atoms with E-state index in [4.69, 9.17) is 19.1 Å². The zero-order chi connectivity index (χ0) is 40.5. The summed E-state index contributed by atoms with van der Waals surface area (Å²) in [4.78, 5) is 10.5. The van der Waals surface area contributed by atoms with Crippen molar-refractivity contribution in [2.45, 2.75) is 0 Å². The van der Waals surface area contributed by atoms with Crippen LogP contribution in [0, 0.1) is 0 Å². The monoisotopic (exact) mass is 792 g/mol. The third-order valence-corrected chi connectivity index (χ3v) is 12.7. The molecule has 0 fully saturated rings. The topological polar surface area (TPSA) is 58.0 Å². The number of ether oxygens (including phenoxy) is 1. The van der Waals surface area contributed by atoms with Gasteiger partial charge in [-0.1, -0.05) is 121 Å². The molecule has 0 saturated heterocycles. The molecule has 0 saturated carbocycles. The first-order valence-corrected chi connectivity index (χ1v) is 20.9. The fraction of sp³-hybridized carbons (Fsp3) is 0. The minimum atomic E-state index is 0.595. The summed E-state index contributed by atoms with van der Waals surface area (Å²) in [6, 6.07) is 68.3. The Morgan fingerprint density at radius 1 is 0.387 bits per heavy atom. The van der Waals surface area contributed by atoms with Crippen LogP contribution in [0.5, 0.6) is 11.5 Å². The molecule has 0 unspecified atom stereocenters. The molecule has 288 valence electrons. The van der Waals surface area contributed by atoms with Crippen molar-refractivity contribution in [2.24, 2.45) is 0 Å². The van der Waals surface area contributed by atoms with E-state index in [1.165, 1.54) is 32.8 Å². The standard InChI is InChI=1S/C56H32N4O2/c1-3-14-33(15-4-1)53-55-54(40-20-9-12-24-48(40)62-55)58-56(57-53)60-44-22-10-7-18-37(44)42-30-34(27-29-46(42)60)35-26-28-38-43-32-47-51(41-21-13-25-49(52(41)43)61-50(38)31-35)39-19-8-11-23-45(39)59(47)36-16-5-2-6-17-36/h1-32H. The van der Waals surface area contributed by atoms with Gasteiger partial charge in [0.2, 0.25) is 5.95 Å². The van der Waals surface area contributed by atoms with Crippen LogP contribution >= 0.6 is 0 Å². The molecule has 13 aromatic rings. The van der Waals surface area contributed by atoms with Crippen LogP contribution in [-0.2, 0) is 0 Å². The number of fused-ring (bicyclic) bond motifs is 12. The van der Waals surface area contributed by atoms with E-state index in [1.807, 2.05) is 36.4 Å². The SMILES string of the molecule is c1ccc(-c2nc(-n3c4ccccc4c4cc(-c5ccc6c(c5)Oc5cccc7c5c-6cc5c7c6ccccc6n5-c5ccccc5)ccc43)nc3c2oc2ccccc23)cc1. The van der Waals surface area contributed by atoms with Crippen molar-refractivity contribution in [1.82, 2.24) is 19.1 Å². The highest BCUT2D eigenvalue weighted by Gasteiger charge is 2.26. The van der Waals surface area contributed by atoms with Crippen LogP contribution in [0.3, 0.4) is 0 Å². The van der Waals surface area contributed by atoms with Gasteiger partial charge in [-0.25, -0.2) is 9.97 Å². The molecule has 9 aromatic carbocycles. The van der Waals surface area contributed by atoms with Crippen LogP contribution in [0.1, 0.15) is 0 Å². The van der Waals surface area contributed by atoms with E-state index in [0.717, 1.165) is 88.8 Å². The summed E-state index contributed by atoms with van der Waals surface area (Å²) in [5.41, 5.74) is 14.0. The molecule has 0 bridgehead atoms. The smallest absolute Gasteiger partial charge is 0.236 e. The van der Waals surface area contributed by atoms with E-state index >= 15 is 0 Å². The van der Waals surface area contributed by atoms with Gasteiger partial charge in [-0.3, -0.25) is 4.57 Å². The maximum absolute atomic E-state index is 6.86. The van der Waals surface area contributed by atoms with E-state index in [0.29, 0.717) is 11.5 Å². The zero-order valence-corrected chi connectivity index (χ0v) is 33.1. The Labute approximate surface area is 354 Å². The molecule has 1 aliphatic rings. The Morgan fingerprint density at radius 2 is 1.06 bits per heavy atom. The second kappa shape index (κ2) is 12.5. The quantitative estimate of drug-likeness (QED) is 0.178. The number of hydrogen-bond acceptors (Lipinski definition) is 4. The van der Waals surface area contributed by atoms with Gasteiger partial charge in [-0.15, -0.1) is 0 Å². The average Bonchev–Trinajstić information content (AvgIpc) is 3.99. The first kappa shape index (κ1) is 33.4. The first-order chi connectivity index (χ1) is 30.7. The van der Waals surface area contributed by atoms with Crippen molar-refractivity contribution >= 4 is 76.5 Å². The lowest BCUT2D eigenvalue weighted by Gasteiger charge is -2.23. The van der Waals surface area contributed by atoms with Gasteiger partial charge in [0.15, 0.2) is 5.58 Å². The molecule has 0 atom stereocenters. The maximum atomic E-state index is 6.86. The average molecular weight is 793 g/mol. The summed E-state index contributed by atoms with van der Waals surface area (Å²) >= 11 is 0. The number of aromatic nitrogens is 4. The summed E-state index contributed by atoms with van der Waals surface area (Å²) < 4.78 is 17.9. The normalized spacial score (nSPS) is 12.3. The Kier molecular flexibility index (Phi) is 6.74. The van der Waals surface area contributed by atoms with E-state index in [9.17, 15) is 0 Å². The third kappa shape index (κ3) is 4.63. The van der Waals surface area contributed by atoms with Gasteiger partial charge in [0.05, 0.1) is 22.1 Å². The minimum Gasteiger partial charge on any atom is -0.456 e. The van der Waals surface area contributed by atoms with Gasteiger partial charge >= 0.3 is 0 Å².